The van der Waals surface area contributed by atoms with E-state index in [2.05, 4.69) is 0 Å². The highest BCUT2D eigenvalue weighted by Gasteiger charge is 2.29. The summed E-state index contributed by atoms with van der Waals surface area (Å²) >= 11 is 0. The van der Waals surface area contributed by atoms with Crippen LogP contribution >= 0.6 is 0 Å². The molecule has 0 amide bonds. The first kappa shape index (κ1) is 14.2. The van der Waals surface area contributed by atoms with Gasteiger partial charge in [0, 0.05) is 24.8 Å². The zero-order valence-corrected chi connectivity index (χ0v) is 11.0. The number of rotatable bonds is 3. The molecule has 2 N–H and O–H groups in total. The lowest BCUT2D eigenvalue weighted by Gasteiger charge is -2.32. The number of hydrogen-bond acceptors (Lipinski definition) is 2. The molecule has 5 heteroatoms. The molecule has 1 atom stereocenters. The van der Waals surface area contributed by atoms with Crippen molar-refractivity contribution in [2.24, 2.45) is 5.73 Å². The molecule has 19 heavy (non-hydrogen) atoms. The Morgan fingerprint density at radius 2 is 2.11 bits per heavy atom. The van der Waals surface area contributed by atoms with Crippen molar-refractivity contribution in [1.29, 1.82) is 0 Å². The Kier molecular flexibility index (Phi) is 4.04. The maximum Gasteiger partial charge on any atom is 0.390 e. The van der Waals surface area contributed by atoms with Crippen LogP contribution in [0.5, 0.6) is 0 Å². The van der Waals surface area contributed by atoms with Crippen LogP contribution in [0, 0.1) is 0 Å². The summed E-state index contributed by atoms with van der Waals surface area (Å²) in [5.41, 5.74) is 8.92. The number of nitrogens with zero attached hydrogens (tertiary/aromatic N) is 1. The van der Waals surface area contributed by atoms with E-state index in [1.807, 2.05) is 30.0 Å². The summed E-state index contributed by atoms with van der Waals surface area (Å²) in [4.78, 5) is 1.83. The summed E-state index contributed by atoms with van der Waals surface area (Å²) in [5, 5.41) is 0. The van der Waals surface area contributed by atoms with Crippen LogP contribution in [0.1, 0.15) is 36.9 Å². The lowest BCUT2D eigenvalue weighted by atomic mass is 9.97. The molecule has 0 aromatic heterocycles. The Hall–Kier alpha value is -1.23. The minimum atomic E-state index is -4.09. The molecule has 106 valence electrons. The van der Waals surface area contributed by atoms with Crippen molar-refractivity contribution >= 4 is 5.69 Å². The standard InChI is InChI=1S/C14H19F3N2/c1-10(18)11-4-5-13-12(9-11)3-2-7-19(13)8-6-14(15,16)17/h4-5,9-10H,2-3,6-8,18H2,1H3. The fraction of sp³-hybridized carbons (Fsp3) is 0.571. The maximum absolute atomic E-state index is 12.3. The second-order valence-corrected chi connectivity index (χ2v) is 5.13. The highest BCUT2D eigenvalue weighted by Crippen LogP contribution is 2.31. The summed E-state index contributed by atoms with van der Waals surface area (Å²) < 4.78 is 36.9. The van der Waals surface area contributed by atoms with Crippen molar-refractivity contribution in [3.63, 3.8) is 0 Å². The summed E-state index contributed by atoms with van der Waals surface area (Å²) in [6.07, 6.45) is -3.05. The molecule has 1 heterocycles. The summed E-state index contributed by atoms with van der Waals surface area (Å²) in [5.74, 6) is 0. The van der Waals surface area contributed by atoms with Gasteiger partial charge in [-0.25, -0.2) is 0 Å². The van der Waals surface area contributed by atoms with E-state index < -0.39 is 12.6 Å². The Bertz CT molecular complexity index is 441. The molecule has 0 fully saturated rings. The van der Waals surface area contributed by atoms with E-state index >= 15 is 0 Å². The molecular formula is C14H19F3N2. The monoisotopic (exact) mass is 272 g/mol. The Balaban J connectivity index is 2.15. The fourth-order valence-electron chi connectivity index (χ4n) is 2.47. The van der Waals surface area contributed by atoms with Crippen LogP contribution in [-0.2, 0) is 6.42 Å². The lowest BCUT2D eigenvalue weighted by Crippen LogP contribution is -2.32. The van der Waals surface area contributed by atoms with E-state index in [9.17, 15) is 13.2 Å². The molecule has 2 rings (SSSR count). The second-order valence-electron chi connectivity index (χ2n) is 5.13. The first-order valence-electron chi connectivity index (χ1n) is 6.57. The van der Waals surface area contributed by atoms with Crippen molar-refractivity contribution in [2.45, 2.75) is 38.4 Å². The minimum Gasteiger partial charge on any atom is -0.371 e. The number of aryl methyl sites for hydroxylation is 1. The highest BCUT2D eigenvalue weighted by atomic mass is 19.4. The number of alkyl halides is 3. The largest absolute Gasteiger partial charge is 0.390 e. The van der Waals surface area contributed by atoms with Crippen LogP contribution < -0.4 is 10.6 Å². The van der Waals surface area contributed by atoms with E-state index in [4.69, 9.17) is 5.73 Å². The predicted octanol–water partition coefficient (Wildman–Crippen LogP) is 3.41. The molecule has 0 spiro atoms. The Labute approximate surface area is 111 Å². The van der Waals surface area contributed by atoms with Gasteiger partial charge in [0.15, 0.2) is 0 Å². The first-order valence-corrected chi connectivity index (χ1v) is 6.57. The van der Waals surface area contributed by atoms with Crippen LogP contribution in [-0.4, -0.2) is 19.3 Å². The molecule has 0 saturated heterocycles. The topological polar surface area (TPSA) is 29.3 Å². The smallest absolute Gasteiger partial charge is 0.371 e. The van der Waals surface area contributed by atoms with Gasteiger partial charge in [-0.2, -0.15) is 13.2 Å². The van der Waals surface area contributed by atoms with Crippen molar-refractivity contribution in [3.8, 4) is 0 Å². The molecule has 2 nitrogen and oxygen atoms in total. The van der Waals surface area contributed by atoms with Crippen LogP contribution in [0.2, 0.25) is 0 Å². The maximum atomic E-state index is 12.3. The van der Waals surface area contributed by atoms with Crippen LogP contribution in [0.15, 0.2) is 18.2 Å². The predicted molar refractivity (Wildman–Crippen MR) is 70.3 cm³/mol. The minimum absolute atomic E-state index is 0.0357. The van der Waals surface area contributed by atoms with E-state index in [1.54, 1.807) is 0 Å². The van der Waals surface area contributed by atoms with Gasteiger partial charge in [0.05, 0.1) is 6.42 Å². The van der Waals surface area contributed by atoms with Gasteiger partial charge in [0.25, 0.3) is 0 Å². The Morgan fingerprint density at radius 3 is 2.74 bits per heavy atom. The molecule has 0 aliphatic carbocycles. The van der Waals surface area contributed by atoms with Crippen LogP contribution in [0.4, 0.5) is 18.9 Å². The van der Waals surface area contributed by atoms with Gasteiger partial charge in [-0.1, -0.05) is 12.1 Å². The van der Waals surface area contributed by atoms with Crippen molar-refractivity contribution in [3.05, 3.63) is 29.3 Å². The number of hydrogen-bond donors (Lipinski definition) is 1. The molecule has 1 aliphatic rings. The van der Waals surface area contributed by atoms with Gasteiger partial charge in [-0.15, -0.1) is 0 Å². The molecular weight excluding hydrogens is 253 g/mol. The van der Waals surface area contributed by atoms with E-state index in [-0.39, 0.29) is 12.6 Å². The molecule has 0 saturated carbocycles. The van der Waals surface area contributed by atoms with Gasteiger partial charge < -0.3 is 10.6 Å². The van der Waals surface area contributed by atoms with E-state index in [0.717, 1.165) is 29.7 Å². The molecule has 1 unspecified atom stereocenters. The zero-order chi connectivity index (χ0) is 14.0. The third-order valence-corrected chi connectivity index (χ3v) is 3.51. The number of halogens is 3. The van der Waals surface area contributed by atoms with Gasteiger partial charge in [-0.05, 0) is 37.0 Å². The SMILES string of the molecule is CC(N)c1ccc2c(c1)CCCN2CCC(F)(F)F. The third-order valence-electron chi connectivity index (χ3n) is 3.51. The fourth-order valence-corrected chi connectivity index (χ4v) is 2.47. The van der Waals surface area contributed by atoms with Gasteiger partial charge in [0.2, 0.25) is 0 Å². The third kappa shape index (κ3) is 3.62. The molecule has 1 aliphatic heterocycles. The van der Waals surface area contributed by atoms with Crippen molar-refractivity contribution < 1.29 is 13.2 Å². The normalized spacial score (nSPS) is 17.2. The van der Waals surface area contributed by atoms with Gasteiger partial charge in [-0.3, -0.25) is 0 Å². The lowest BCUT2D eigenvalue weighted by molar-refractivity contribution is -0.132. The number of benzene rings is 1. The number of nitrogens with two attached hydrogens (primary N) is 1. The summed E-state index contributed by atoms with van der Waals surface area (Å²) in [6.45, 7) is 2.64. The second kappa shape index (κ2) is 5.41. The molecule has 1 aromatic rings. The average Bonchev–Trinajstić information content (AvgIpc) is 2.34. The average molecular weight is 272 g/mol. The molecule has 0 bridgehead atoms. The Morgan fingerprint density at radius 1 is 1.37 bits per heavy atom. The quantitative estimate of drug-likeness (QED) is 0.913. The number of anilines is 1. The summed E-state index contributed by atoms with van der Waals surface area (Å²) in [7, 11) is 0. The highest BCUT2D eigenvalue weighted by molar-refractivity contribution is 5.57. The van der Waals surface area contributed by atoms with Gasteiger partial charge in [0.1, 0.15) is 0 Å². The van der Waals surface area contributed by atoms with E-state index in [1.165, 1.54) is 0 Å². The van der Waals surface area contributed by atoms with E-state index in [0.29, 0.717) is 6.54 Å². The van der Waals surface area contributed by atoms with Crippen LogP contribution in [0.3, 0.4) is 0 Å². The van der Waals surface area contributed by atoms with Crippen molar-refractivity contribution in [1.82, 2.24) is 0 Å². The number of fused-ring (bicyclic) bond motifs is 1. The van der Waals surface area contributed by atoms with Crippen LogP contribution in [0.25, 0.3) is 0 Å². The summed E-state index contributed by atoms with van der Waals surface area (Å²) in [6, 6.07) is 5.80. The van der Waals surface area contributed by atoms with Gasteiger partial charge >= 0.3 is 6.18 Å². The zero-order valence-electron chi connectivity index (χ0n) is 11.0. The van der Waals surface area contributed by atoms with Crippen molar-refractivity contribution in [2.75, 3.05) is 18.0 Å². The molecule has 1 aromatic carbocycles. The molecule has 0 radical (unpaired) electrons. The first-order chi connectivity index (χ1) is 8.87.